The zero-order valence-corrected chi connectivity index (χ0v) is 10.5. The molecule has 1 heterocycles. The van der Waals surface area contributed by atoms with Crippen molar-refractivity contribution in [3.8, 4) is 6.07 Å². The van der Waals surface area contributed by atoms with Gasteiger partial charge in [-0.2, -0.15) is 18.4 Å². The van der Waals surface area contributed by atoms with E-state index >= 15 is 0 Å². The van der Waals surface area contributed by atoms with E-state index in [1.165, 1.54) is 0 Å². The Balaban J connectivity index is 2.13. The van der Waals surface area contributed by atoms with E-state index in [-0.39, 0.29) is 10.3 Å². The fourth-order valence-electron chi connectivity index (χ4n) is 3.46. The fourth-order valence-corrected chi connectivity index (χ4v) is 4.84. The minimum Gasteiger partial charge on any atom is -0.192 e. The lowest BCUT2D eigenvalue weighted by Gasteiger charge is -2.45. The fraction of sp³-hybridized carbons (Fsp3) is 0.615. The molecule has 0 atom stereocenters. The number of rotatable bonds is 0. The van der Waals surface area contributed by atoms with Crippen LogP contribution in [-0.2, 0) is 18.0 Å². The van der Waals surface area contributed by atoms with Crippen molar-refractivity contribution >= 4 is 11.3 Å². The molecule has 1 spiro atoms. The van der Waals surface area contributed by atoms with Gasteiger partial charge < -0.3 is 0 Å². The first-order chi connectivity index (χ1) is 8.48. The molecule has 0 bridgehead atoms. The number of alkyl halides is 3. The van der Waals surface area contributed by atoms with E-state index in [9.17, 15) is 13.2 Å². The second-order valence-corrected chi connectivity index (χ2v) is 6.34. The molecule has 0 N–H and O–H groups in total. The van der Waals surface area contributed by atoms with Crippen molar-refractivity contribution < 1.29 is 13.2 Å². The summed E-state index contributed by atoms with van der Waals surface area (Å²) in [7, 11) is 0. The van der Waals surface area contributed by atoms with Crippen molar-refractivity contribution in [2.45, 2.75) is 50.1 Å². The molecule has 0 aliphatic heterocycles. The van der Waals surface area contributed by atoms with Gasteiger partial charge in [0.05, 0.1) is 5.56 Å². The second-order valence-electron chi connectivity index (χ2n) is 5.23. The summed E-state index contributed by atoms with van der Waals surface area (Å²) < 4.78 is 39.4. The molecule has 2 aliphatic carbocycles. The Morgan fingerprint density at radius 1 is 1.17 bits per heavy atom. The maximum absolute atomic E-state index is 13.1. The Bertz CT molecular complexity index is 530. The Hall–Kier alpha value is -1.02. The molecule has 0 radical (unpaired) electrons. The van der Waals surface area contributed by atoms with Crippen molar-refractivity contribution in [1.29, 1.82) is 5.26 Å². The van der Waals surface area contributed by atoms with E-state index in [0.29, 0.717) is 5.56 Å². The zero-order valence-electron chi connectivity index (χ0n) is 9.73. The monoisotopic (exact) mass is 271 g/mol. The van der Waals surface area contributed by atoms with Gasteiger partial charge in [-0.15, -0.1) is 11.3 Å². The highest BCUT2D eigenvalue weighted by atomic mass is 32.1. The first-order valence-electron chi connectivity index (χ1n) is 6.11. The van der Waals surface area contributed by atoms with Crippen LogP contribution in [0.4, 0.5) is 13.2 Å². The molecular formula is C13H12F3NS. The van der Waals surface area contributed by atoms with Crippen LogP contribution in [0.5, 0.6) is 0 Å². The predicted molar refractivity (Wildman–Crippen MR) is 62.5 cm³/mol. The first-order valence-corrected chi connectivity index (χ1v) is 6.93. The number of nitrogens with zero attached hydrogens (tertiary/aromatic N) is 1. The summed E-state index contributed by atoms with van der Waals surface area (Å²) in [4.78, 5) is 0.649. The lowest BCUT2D eigenvalue weighted by molar-refractivity contribution is -0.139. The Labute approximate surface area is 107 Å². The highest BCUT2D eigenvalue weighted by Gasteiger charge is 2.52. The van der Waals surface area contributed by atoms with E-state index < -0.39 is 11.7 Å². The third-order valence-corrected chi connectivity index (χ3v) is 5.30. The van der Waals surface area contributed by atoms with Crippen LogP contribution in [0.3, 0.4) is 0 Å². The standard InChI is InChI=1S/C13H12F3NS/c14-13(15,16)11-9(7-17)18-8-6-12(10(8)11)4-2-1-3-5-12/h1-6H2. The topological polar surface area (TPSA) is 23.8 Å². The highest BCUT2D eigenvalue weighted by molar-refractivity contribution is 7.13. The average molecular weight is 271 g/mol. The van der Waals surface area contributed by atoms with Gasteiger partial charge in [-0.25, -0.2) is 0 Å². The quantitative estimate of drug-likeness (QED) is 0.686. The largest absolute Gasteiger partial charge is 0.418 e. The van der Waals surface area contributed by atoms with Gasteiger partial charge in [0, 0.05) is 10.3 Å². The summed E-state index contributed by atoms with van der Waals surface area (Å²) in [5, 5.41) is 8.89. The van der Waals surface area contributed by atoms with Crippen molar-refractivity contribution in [1.82, 2.24) is 0 Å². The van der Waals surface area contributed by atoms with Crippen LogP contribution in [0.1, 0.15) is 53.0 Å². The third-order valence-electron chi connectivity index (χ3n) is 4.21. The molecule has 1 saturated carbocycles. The average Bonchev–Trinajstić information content (AvgIpc) is 2.64. The van der Waals surface area contributed by atoms with Gasteiger partial charge in [0.25, 0.3) is 0 Å². The van der Waals surface area contributed by atoms with Gasteiger partial charge in [-0.05, 0) is 24.8 Å². The van der Waals surface area contributed by atoms with Gasteiger partial charge in [0.15, 0.2) is 0 Å². The molecular weight excluding hydrogens is 259 g/mol. The number of halogens is 3. The number of hydrogen-bond donors (Lipinski definition) is 0. The SMILES string of the molecule is N#Cc1sc2c(c1C(F)(F)F)C1(CCCCC1)C2. The summed E-state index contributed by atoms with van der Waals surface area (Å²) >= 11 is 1.04. The Kier molecular flexibility index (Phi) is 2.50. The smallest absolute Gasteiger partial charge is 0.192 e. The number of hydrogen-bond acceptors (Lipinski definition) is 2. The summed E-state index contributed by atoms with van der Waals surface area (Å²) in [5.41, 5.74) is -0.418. The van der Waals surface area contributed by atoms with Crippen molar-refractivity contribution in [3.63, 3.8) is 0 Å². The van der Waals surface area contributed by atoms with Crippen LogP contribution in [0, 0.1) is 11.3 Å². The molecule has 3 rings (SSSR count). The van der Waals surface area contributed by atoms with Gasteiger partial charge in [0.2, 0.25) is 0 Å². The molecule has 2 aliphatic rings. The van der Waals surface area contributed by atoms with E-state index in [1.54, 1.807) is 6.07 Å². The number of thiophene rings is 1. The third kappa shape index (κ3) is 1.51. The molecule has 1 fully saturated rings. The van der Waals surface area contributed by atoms with Crippen LogP contribution >= 0.6 is 11.3 Å². The summed E-state index contributed by atoms with van der Waals surface area (Å²) in [6, 6.07) is 1.72. The van der Waals surface area contributed by atoms with Crippen molar-refractivity contribution in [2.24, 2.45) is 0 Å². The molecule has 96 valence electrons. The molecule has 18 heavy (non-hydrogen) atoms. The van der Waals surface area contributed by atoms with Gasteiger partial charge >= 0.3 is 6.18 Å². The van der Waals surface area contributed by atoms with Gasteiger partial charge in [0.1, 0.15) is 10.9 Å². The molecule has 0 unspecified atom stereocenters. The van der Waals surface area contributed by atoms with Crippen LogP contribution in [0.25, 0.3) is 0 Å². The predicted octanol–water partition coefficient (Wildman–Crippen LogP) is 4.40. The van der Waals surface area contributed by atoms with Crippen LogP contribution in [0.15, 0.2) is 0 Å². The maximum Gasteiger partial charge on any atom is 0.418 e. The lowest BCUT2D eigenvalue weighted by Crippen LogP contribution is -2.41. The Morgan fingerprint density at radius 3 is 2.39 bits per heavy atom. The zero-order chi connectivity index (χ0) is 13.0. The van der Waals surface area contributed by atoms with Crippen LogP contribution in [0.2, 0.25) is 0 Å². The normalized spacial score (nSPS) is 21.2. The van der Waals surface area contributed by atoms with Crippen LogP contribution in [-0.4, -0.2) is 0 Å². The summed E-state index contributed by atoms with van der Waals surface area (Å²) in [6.07, 6.45) is 1.20. The maximum atomic E-state index is 13.1. The molecule has 1 aromatic heterocycles. The molecule has 1 nitrogen and oxygen atoms in total. The minimum absolute atomic E-state index is 0.144. The molecule has 0 amide bonds. The lowest BCUT2D eigenvalue weighted by atomic mass is 9.59. The Morgan fingerprint density at radius 2 is 1.83 bits per heavy atom. The minimum atomic E-state index is -4.39. The van der Waals surface area contributed by atoms with E-state index in [0.717, 1.165) is 54.7 Å². The molecule has 0 saturated heterocycles. The van der Waals surface area contributed by atoms with Gasteiger partial charge in [-0.1, -0.05) is 19.3 Å². The second kappa shape index (κ2) is 3.74. The van der Waals surface area contributed by atoms with Crippen molar-refractivity contribution in [2.75, 3.05) is 0 Å². The summed E-state index contributed by atoms with van der Waals surface area (Å²) in [5.74, 6) is 0. The van der Waals surface area contributed by atoms with E-state index in [2.05, 4.69) is 0 Å². The van der Waals surface area contributed by atoms with E-state index in [1.807, 2.05) is 0 Å². The molecule has 0 aromatic carbocycles. The van der Waals surface area contributed by atoms with Crippen LogP contribution < -0.4 is 0 Å². The number of nitriles is 1. The van der Waals surface area contributed by atoms with Gasteiger partial charge in [-0.3, -0.25) is 0 Å². The van der Waals surface area contributed by atoms with Crippen molar-refractivity contribution in [3.05, 3.63) is 20.9 Å². The molecule has 1 aromatic rings. The highest BCUT2D eigenvalue weighted by Crippen LogP contribution is 2.58. The first kappa shape index (κ1) is 12.0. The summed E-state index contributed by atoms with van der Waals surface area (Å²) in [6.45, 7) is 0. The number of fused-ring (bicyclic) bond motifs is 2. The molecule has 5 heteroatoms. The van der Waals surface area contributed by atoms with E-state index in [4.69, 9.17) is 5.26 Å².